The Bertz CT molecular complexity index is 1100. The summed E-state index contributed by atoms with van der Waals surface area (Å²) in [7, 11) is 1.27. The monoisotopic (exact) mass is 393 g/mol. The second-order valence-corrected chi connectivity index (χ2v) is 6.07. The van der Waals surface area contributed by atoms with E-state index in [1.54, 1.807) is 43.3 Å². The summed E-state index contributed by atoms with van der Waals surface area (Å²) in [6.07, 6.45) is 2.83. The van der Waals surface area contributed by atoms with Crippen LogP contribution in [0.5, 0.6) is 0 Å². The molecule has 2 aromatic heterocycles. The molecule has 0 spiro atoms. The van der Waals surface area contributed by atoms with Crippen molar-refractivity contribution in [2.45, 2.75) is 13.3 Å². The molecule has 29 heavy (non-hydrogen) atoms. The van der Waals surface area contributed by atoms with Gasteiger partial charge in [0.2, 0.25) is 0 Å². The summed E-state index contributed by atoms with van der Waals surface area (Å²) in [6, 6.07) is 12.0. The molecule has 0 aliphatic heterocycles. The highest BCUT2D eigenvalue weighted by Crippen LogP contribution is 2.10. The number of hydrogen-bond donors (Lipinski definition) is 2. The average molecular weight is 393 g/mol. The number of nitrogens with one attached hydrogen (secondary N) is 2. The molecule has 0 aliphatic carbocycles. The standard InChI is InChI=1S/C20H19N5O4/c1-13(22-23-19(27)14-8-10-21-11-9-14)18-16(12-17(26)29-2)24-25(20(18)28)15-6-4-3-5-7-15/h3-11,24H,12H2,1-2H3,(H,23,27)/b22-13+. The summed E-state index contributed by atoms with van der Waals surface area (Å²) >= 11 is 0. The number of hydrazone groups is 1. The number of carbonyl (C=O) groups excluding carboxylic acids is 2. The van der Waals surface area contributed by atoms with Gasteiger partial charge >= 0.3 is 5.97 Å². The molecule has 1 amide bonds. The molecule has 0 atom stereocenters. The Kier molecular flexibility index (Phi) is 5.98. The summed E-state index contributed by atoms with van der Waals surface area (Å²) in [5.74, 6) is -0.957. The van der Waals surface area contributed by atoms with Crippen LogP contribution in [-0.4, -0.2) is 39.5 Å². The van der Waals surface area contributed by atoms with Gasteiger partial charge in [-0.05, 0) is 31.2 Å². The minimum absolute atomic E-state index is 0.147. The van der Waals surface area contributed by atoms with Crippen LogP contribution in [0.4, 0.5) is 0 Å². The number of aromatic nitrogens is 3. The number of carbonyl (C=O) groups is 2. The molecule has 9 nitrogen and oxygen atoms in total. The summed E-state index contributed by atoms with van der Waals surface area (Å²) in [4.78, 5) is 40.8. The first-order chi connectivity index (χ1) is 14.0. The van der Waals surface area contributed by atoms with Gasteiger partial charge in [-0.2, -0.15) is 5.10 Å². The van der Waals surface area contributed by atoms with Crippen LogP contribution in [0.1, 0.15) is 28.5 Å². The molecule has 0 aliphatic rings. The minimum atomic E-state index is -0.513. The highest BCUT2D eigenvalue weighted by Gasteiger charge is 2.20. The fourth-order valence-corrected chi connectivity index (χ4v) is 2.72. The number of ether oxygens (including phenoxy) is 1. The maximum atomic E-state index is 13.0. The van der Waals surface area contributed by atoms with Crippen LogP contribution in [0.2, 0.25) is 0 Å². The van der Waals surface area contributed by atoms with Crippen LogP contribution in [0, 0.1) is 0 Å². The predicted molar refractivity (Wildman–Crippen MR) is 106 cm³/mol. The van der Waals surface area contributed by atoms with Crippen molar-refractivity contribution in [3.05, 3.63) is 82.0 Å². The van der Waals surface area contributed by atoms with E-state index < -0.39 is 17.4 Å². The van der Waals surface area contributed by atoms with E-state index in [4.69, 9.17) is 4.74 Å². The van der Waals surface area contributed by atoms with Crippen LogP contribution in [0.15, 0.2) is 64.8 Å². The first-order valence-corrected chi connectivity index (χ1v) is 8.72. The quantitative estimate of drug-likeness (QED) is 0.373. The van der Waals surface area contributed by atoms with Gasteiger partial charge in [0.25, 0.3) is 11.5 Å². The molecular weight excluding hydrogens is 374 g/mol. The van der Waals surface area contributed by atoms with E-state index in [1.807, 2.05) is 6.07 Å². The van der Waals surface area contributed by atoms with Crippen molar-refractivity contribution in [1.29, 1.82) is 0 Å². The number of H-pyrrole nitrogens is 1. The number of esters is 1. The number of hydrogen-bond acceptors (Lipinski definition) is 6. The molecule has 2 heterocycles. The normalized spacial score (nSPS) is 11.2. The maximum Gasteiger partial charge on any atom is 0.311 e. The lowest BCUT2D eigenvalue weighted by Crippen LogP contribution is -2.23. The summed E-state index contributed by atoms with van der Waals surface area (Å²) < 4.78 is 6.03. The van der Waals surface area contributed by atoms with Gasteiger partial charge in [0, 0.05) is 18.0 Å². The molecule has 3 rings (SSSR count). The minimum Gasteiger partial charge on any atom is -0.469 e. The topological polar surface area (TPSA) is 118 Å². The van der Waals surface area contributed by atoms with E-state index in [2.05, 4.69) is 20.6 Å². The zero-order valence-corrected chi connectivity index (χ0v) is 15.9. The van der Waals surface area contributed by atoms with E-state index >= 15 is 0 Å². The van der Waals surface area contributed by atoms with Gasteiger partial charge in [-0.15, -0.1) is 0 Å². The number of benzene rings is 1. The molecule has 9 heteroatoms. The third-order valence-electron chi connectivity index (χ3n) is 4.16. The van der Waals surface area contributed by atoms with Crippen molar-refractivity contribution in [3.8, 4) is 5.69 Å². The fourth-order valence-electron chi connectivity index (χ4n) is 2.72. The van der Waals surface area contributed by atoms with Gasteiger partial charge in [0.15, 0.2) is 0 Å². The van der Waals surface area contributed by atoms with Crippen molar-refractivity contribution in [2.24, 2.45) is 5.10 Å². The van der Waals surface area contributed by atoms with E-state index in [0.717, 1.165) is 0 Å². The zero-order chi connectivity index (χ0) is 20.8. The van der Waals surface area contributed by atoms with Crippen LogP contribution < -0.4 is 11.0 Å². The summed E-state index contributed by atoms with van der Waals surface area (Å²) in [6.45, 7) is 1.58. The molecule has 0 unspecified atom stereocenters. The molecule has 3 aromatic rings. The number of amides is 1. The Labute approximate surface area is 166 Å². The van der Waals surface area contributed by atoms with Crippen molar-refractivity contribution in [1.82, 2.24) is 20.2 Å². The molecule has 0 radical (unpaired) electrons. The summed E-state index contributed by atoms with van der Waals surface area (Å²) in [5, 5.41) is 6.98. The number of rotatable bonds is 6. The lowest BCUT2D eigenvalue weighted by molar-refractivity contribution is -0.139. The van der Waals surface area contributed by atoms with Gasteiger partial charge in [-0.25, -0.2) is 10.1 Å². The number of aromatic amines is 1. The molecule has 0 fully saturated rings. The van der Waals surface area contributed by atoms with Crippen molar-refractivity contribution in [2.75, 3.05) is 7.11 Å². The first kappa shape index (κ1) is 19.7. The average Bonchev–Trinajstić information content (AvgIpc) is 3.08. The molecule has 1 aromatic carbocycles. The van der Waals surface area contributed by atoms with Crippen LogP contribution in [0.3, 0.4) is 0 Å². The van der Waals surface area contributed by atoms with Crippen molar-refractivity contribution >= 4 is 17.6 Å². The SMILES string of the molecule is COC(=O)Cc1[nH]n(-c2ccccc2)c(=O)c1/C(C)=N/NC(=O)c1ccncc1. The number of methoxy groups -OCH3 is 1. The van der Waals surface area contributed by atoms with Gasteiger partial charge in [-0.1, -0.05) is 18.2 Å². The van der Waals surface area contributed by atoms with E-state index in [0.29, 0.717) is 16.9 Å². The van der Waals surface area contributed by atoms with Crippen LogP contribution >= 0.6 is 0 Å². The number of pyridine rings is 1. The maximum absolute atomic E-state index is 13.0. The van der Waals surface area contributed by atoms with Gasteiger partial charge < -0.3 is 4.74 Å². The highest BCUT2D eigenvalue weighted by atomic mass is 16.5. The molecule has 0 saturated carbocycles. The molecule has 148 valence electrons. The lowest BCUT2D eigenvalue weighted by atomic mass is 10.1. The van der Waals surface area contributed by atoms with Gasteiger partial charge in [-0.3, -0.25) is 24.5 Å². The Morgan fingerprint density at radius 1 is 1.17 bits per heavy atom. The van der Waals surface area contributed by atoms with Crippen LogP contribution in [-0.2, 0) is 16.0 Å². The molecule has 0 saturated heterocycles. The Balaban J connectivity index is 1.97. The first-order valence-electron chi connectivity index (χ1n) is 8.72. The molecular formula is C20H19N5O4. The summed E-state index contributed by atoms with van der Waals surface area (Å²) in [5.41, 5.74) is 3.77. The third kappa shape index (κ3) is 4.46. The Morgan fingerprint density at radius 2 is 1.86 bits per heavy atom. The third-order valence-corrected chi connectivity index (χ3v) is 4.16. The Hall–Kier alpha value is -4.01. The van der Waals surface area contributed by atoms with E-state index in [9.17, 15) is 14.4 Å². The lowest BCUT2D eigenvalue weighted by Gasteiger charge is -2.03. The second-order valence-electron chi connectivity index (χ2n) is 6.07. The van der Waals surface area contributed by atoms with Gasteiger partial charge in [0.1, 0.15) is 0 Å². The van der Waals surface area contributed by atoms with E-state index in [1.165, 1.54) is 24.2 Å². The highest BCUT2D eigenvalue weighted by molar-refractivity contribution is 6.02. The molecule has 0 bridgehead atoms. The largest absolute Gasteiger partial charge is 0.469 e. The molecule has 2 N–H and O–H groups in total. The van der Waals surface area contributed by atoms with Crippen molar-refractivity contribution in [3.63, 3.8) is 0 Å². The number of nitrogens with zero attached hydrogens (tertiary/aromatic N) is 3. The Morgan fingerprint density at radius 3 is 2.52 bits per heavy atom. The number of para-hydroxylation sites is 1. The van der Waals surface area contributed by atoms with Crippen molar-refractivity contribution < 1.29 is 14.3 Å². The smallest absolute Gasteiger partial charge is 0.311 e. The fraction of sp³-hybridized carbons (Fsp3) is 0.150. The second kappa shape index (κ2) is 8.79. The van der Waals surface area contributed by atoms with E-state index in [-0.39, 0.29) is 17.7 Å². The van der Waals surface area contributed by atoms with Gasteiger partial charge in [0.05, 0.1) is 36.2 Å². The van der Waals surface area contributed by atoms with Crippen LogP contribution in [0.25, 0.3) is 5.69 Å². The predicted octanol–water partition coefficient (Wildman–Crippen LogP) is 1.43. The zero-order valence-electron chi connectivity index (χ0n) is 15.9.